The van der Waals surface area contributed by atoms with Gasteiger partial charge in [-0.25, -0.2) is 9.97 Å². The number of nitrogens with one attached hydrogen (secondary N) is 2. The van der Waals surface area contributed by atoms with Gasteiger partial charge in [0.2, 0.25) is 17.7 Å². The number of aromatic amines is 1. The average molecular weight is 574 g/mol. The summed E-state index contributed by atoms with van der Waals surface area (Å²) in [6.45, 7) is 3.90. The Morgan fingerprint density at radius 2 is 1.71 bits per heavy atom. The van der Waals surface area contributed by atoms with Gasteiger partial charge in [0.1, 0.15) is 5.75 Å². The lowest BCUT2D eigenvalue weighted by atomic mass is 9.98. The van der Waals surface area contributed by atoms with Gasteiger partial charge in [0.25, 0.3) is 5.91 Å². The smallest absolute Gasteiger partial charge is 0.257 e. The van der Waals surface area contributed by atoms with Gasteiger partial charge in [-0.2, -0.15) is 5.10 Å². The fourth-order valence-electron chi connectivity index (χ4n) is 5.06. The highest BCUT2D eigenvalue weighted by Crippen LogP contribution is 2.35. The van der Waals surface area contributed by atoms with Crippen LogP contribution in [0.1, 0.15) is 55.8 Å². The van der Waals surface area contributed by atoms with Crippen molar-refractivity contribution in [3.63, 3.8) is 0 Å². The molecule has 1 aliphatic heterocycles. The zero-order valence-electron chi connectivity index (χ0n) is 23.6. The highest BCUT2D eigenvalue weighted by molar-refractivity contribution is 6.05. The molecule has 0 unspecified atom stereocenters. The van der Waals surface area contributed by atoms with Crippen LogP contribution in [0.3, 0.4) is 0 Å². The van der Waals surface area contributed by atoms with Crippen LogP contribution in [0.4, 0.5) is 17.3 Å². The molecule has 3 amide bonds. The first-order valence-electron chi connectivity index (χ1n) is 14.6. The summed E-state index contributed by atoms with van der Waals surface area (Å²) < 4.78 is 11.5. The van der Waals surface area contributed by atoms with E-state index in [4.69, 9.17) is 9.47 Å². The molecule has 3 aromatic rings. The number of hydrogen-bond acceptors (Lipinski definition) is 8. The van der Waals surface area contributed by atoms with Crippen molar-refractivity contribution in [2.24, 2.45) is 17.8 Å². The minimum Gasteiger partial charge on any atom is -0.437 e. The van der Waals surface area contributed by atoms with E-state index < -0.39 is 5.91 Å². The van der Waals surface area contributed by atoms with Crippen LogP contribution in [0.2, 0.25) is 0 Å². The van der Waals surface area contributed by atoms with E-state index in [1.165, 1.54) is 13.1 Å². The van der Waals surface area contributed by atoms with Gasteiger partial charge in [-0.3, -0.25) is 24.4 Å². The highest BCUT2D eigenvalue weighted by atomic mass is 16.5. The third kappa shape index (κ3) is 6.93. The number of carbonyl (C=O) groups is 3. The normalized spacial score (nSPS) is 17.0. The first-order valence-corrected chi connectivity index (χ1v) is 14.6. The molecule has 3 heterocycles. The maximum absolute atomic E-state index is 13.4. The summed E-state index contributed by atoms with van der Waals surface area (Å²) in [5, 5.41) is 9.40. The van der Waals surface area contributed by atoms with E-state index in [-0.39, 0.29) is 23.6 Å². The van der Waals surface area contributed by atoms with E-state index in [1.54, 1.807) is 46.5 Å². The second-order valence-electron chi connectivity index (χ2n) is 11.3. The maximum atomic E-state index is 13.4. The second-order valence-corrected chi connectivity index (χ2v) is 11.3. The molecule has 0 spiro atoms. The third-order valence-electron chi connectivity index (χ3n) is 7.81. The Morgan fingerprint density at radius 3 is 2.33 bits per heavy atom. The number of H-pyrrole nitrogens is 1. The van der Waals surface area contributed by atoms with E-state index in [2.05, 4.69) is 25.5 Å². The van der Waals surface area contributed by atoms with Gasteiger partial charge in [-0.05, 0) is 62.5 Å². The molecule has 0 bridgehead atoms. The predicted octanol–water partition coefficient (Wildman–Crippen LogP) is 4.18. The molecule has 2 aliphatic carbocycles. The first kappa shape index (κ1) is 27.8. The van der Waals surface area contributed by atoms with Gasteiger partial charge in [0, 0.05) is 68.7 Å². The number of anilines is 3. The molecule has 3 fully saturated rings. The van der Waals surface area contributed by atoms with Gasteiger partial charge < -0.3 is 19.7 Å². The van der Waals surface area contributed by atoms with Gasteiger partial charge in [-0.15, -0.1) is 0 Å². The van der Waals surface area contributed by atoms with Crippen LogP contribution in [0.25, 0.3) is 0 Å². The van der Waals surface area contributed by atoms with E-state index in [1.807, 2.05) is 0 Å². The van der Waals surface area contributed by atoms with Crippen molar-refractivity contribution in [3.8, 4) is 11.6 Å². The largest absolute Gasteiger partial charge is 0.437 e. The maximum Gasteiger partial charge on any atom is 0.257 e. The topological polar surface area (TPSA) is 143 Å². The monoisotopic (exact) mass is 573 g/mol. The number of amides is 3. The highest BCUT2D eigenvalue weighted by Gasteiger charge is 2.33. The fourth-order valence-corrected chi connectivity index (χ4v) is 5.06. The van der Waals surface area contributed by atoms with Crippen molar-refractivity contribution in [1.29, 1.82) is 0 Å². The van der Waals surface area contributed by atoms with Gasteiger partial charge in [-0.1, -0.05) is 0 Å². The number of carbonyl (C=O) groups excluding carboxylic acids is 3. The molecular formula is C30H35N7O5. The minimum absolute atomic E-state index is 0.0634. The molecule has 0 radical (unpaired) electrons. The van der Waals surface area contributed by atoms with E-state index >= 15 is 0 Å². The molecule has 6 rings (SSSR count). The summed E-state index contributed by atoms with van der Waals surface area (Å²) in [5.74, 6) is 1.80. The number of aromatic nitrogens is 4. The number of rotatable bonds is 11. The van der Waals surface area contributed by atoms with Crippen LogP contribution >= 0.6 is 0 Å². The van der Waals surface area contributed by atoms with Crippen molar-refractivity contribution < 1.29 is 23.9 Å². The molecule has 0 atom stereocenters. The van der Waals surface area contributed by atoms with Crippen molar-refractivity contribution in [1.82, 2.24) is 20.2 Å². The zero-order valence-corrected chi connectivity index (χ0v) is 23.6. The van der Waals surface area contributed by atoms with Crippen LogP contribution in [-0.2, 0) is 14.3 Å². The van der Waals surface area contributed by atoms with Crippen LogP contribution < -0.4 is 19.9 Å². The van der Waals surface area contributed by atoms with Crippen LogP contribution in [0.15, 0.2) is 42.9 Å². The number of hydrogen-bond donors (Lipinski definition) is 2. The van der Waals surface area contributed by atoms with Crippen molar-refractivity contribution >= 4 is 35.0 Å². The van der Waals surface area contributed by atoms with Gasteiger partial charge >= 0.3 is 0 Å². The van der Waals surface area contributed by atoms with E-state index in [9.17, 15) is 14.4 Å². The summed E-state index contributed by atoms with van der Waals surface area (Å²) in [7, 11) is 0. The standard InChI is InChI=1S/C30H35N7O5/c1-19(38)36(17-20-2-3-20)24-12-23(29(39)34-26-6-9-33-35-26)13-25(14-24)42-28-16-31-27(15-32-28)37(18-21-4-5-21)30(40)22-7-10-41-11-8-22/h6,9,12-16,20-22H,2-5,7-8,10-11,17-18H2,1H3,(H2,33,34,35,39). The van der Waals surface area contributed by atoms with Crippen molar-refractivity contribution in [2.75, 3.05) is 41.4 Å². The summed E-state index contributed by atoms with van der Waals surface area (Å²) >= 11 is 0. The molecule has 42 heavy (non-hydrogen) atoms. The molecule has 12 nitrogen and oxygen atoms in total. The number of nitrogens with zero attached hydrogens (tertiary/aromatic N) is 5. The first-order chi connectivity index (χ1) is 20.4. The second kappa shape index (κ2) is 12.3. The number of benzene rings is 1. The molecule has 220 valence electrons. The molecule has 2 aromatic heterocycles. The molecule has 3 aliphatic rings. The fraction of sp³-hybridized carbons (Fsp3) is 0.467. The SMILES string of the molecule is CC(=O)N(CC1CC1)c1cc(Oc2cnc(N(CC3CC3)C(=O)C3CCOCC3)cn2)cc(C(=O)Nc2cc[nH]n2)c1. The molecule has 1 aromatic carbocycles. The molecule has 2 N–H and O–H groups in total. The Balaban J connectivity index is 1.24. The zero-order chi connectivity index (χ0) is 29.1. The lowest BCUT2D eigenvalue weighted by Gasteiger charge is -2.28. The molecule has 12 heteroatoms. The van der Waals surface area contributed by atoms with E-state index in [0.29, 0.717) is 79.6 Å². The summed E-state index contributed by atoms with van der Waals surface area (Å²) in [6, 6.07) is 6.62. The minimum atomic E-state index is -0.396. The molecular weight excluding hydrogens is 538 g/mol. The van der Waals surface area contributed by atoms with Crippen LogP contribution in [0.5, 0.6) is 11.6 Å². The Hall–Kier alpha value is -4.32. The van der Waals surface area contributed by atoms with Crippen LogP contribution in [0, 0.1) is 17.8 Å². The predicted molar refractivity (Wildman–Crippen MR) is 154 cm³/mol. The lowest BCUT2D eigenvalue weighted by molar-refractivity contribution is -0.125. The van der Waals surface area contributed by atoms with Gasteiger partial charge in [0.15, 0.2) is 11.6 Å². The Labute approximate surface area is 243 Å². The molecule has 2 saturated carbocycles. The van der Waals surface area contributed by atoms with Crippen LogP contribution in [-0.4, -0.2) is 64.2 Å². The van der Waals surface area contributed by atoms with Crippen molar-refractivity contribution in [3.05, 3.63) is 48.4 Å². The third-order valence-corrected chi connectivity index (χ3v) is 7.81. The molecule has 1 saturated heterocycles. The quantitative estimate of drug-likeness (QED) is 0.348. The Bertz CT molecular complexity index is 1410. The number of ether oxygens (including phenoxy) is 2. The average Bonchev–Trinajstić information content (AvgIpc) is 3.94. The van der Waals surface area contributed by atoms with Gasteiger partial charge in [0.05, 0.1) is 12.4 Å². The Kier molecular flexibility index (Phi) is 8.13. The van der Waals surface area contributed by atoms with Crippen molar-refractivity contribution in [2.45, 2.75) is 45.4 Å². The summed E-state index contributed by atoms with van der Waals surface area (Å²) in [5.41, 5.74) is 0.858. The Morgan fingerprint density at radius 1 is 0.976 bits per heavy atom. The summed E-state index contributed by atoms with van der Waals surface area (Å²) in [6.07, 6.45) is 10.4. The summed E-state index contributed by atoms with van der Waals surface area (Å²) in [4.78, 5) is 51.5. The lowest BCUT2D eigenvalue weighted by Crippen LogP contribution is -2.40. The van der Waals surface area contributed by atoms with E-state index in [0.717, 1.165) is 25.7 Å².